The Balaban J connectivity index is 1.98. The number of hydrogen-bond acceptors (Lipinski definition) is 4. The number of H-pyrrole nitrogens is 1. The molecule has 2 aromatic carbocycles. The highest BCUT2D eigenvalue weighted by molar-refractivity contribution is 6.07. The van der Waals surface area contributed by atoms with Gasteiger partial charge in [0.2, 0.25) is 0 Å². The third kappa shape index (κ3) is 3.38. The Bertz CT molecular complexity index is 1070. The Kier molecular flexibility index (Phi) is 5.16. The van der Waals surface area contributed by atoms with E-state index in [-0.39, 0.29) is 11.5 Å². The van der Waals surface area contributed by atoms with E-state index in [4.69, 9.17) is 9.47 Å². The number of amides is 1. The van der Waals surface area contributed by atoms with Crippen LogP contribution in [0.3, 0.4) is 0 Å². The molecule has 0 atom stereocenters. The molecule has 2 N–H and O–H groups in total. The lowest BCUT2D eigenvalue weighted by Gasteiger charge is -2.13. The van der Waals surface area contributed by atoms with Gasteiger partial charge in [0.1, 0.15) is 0 Å². The predicted octanol–water partition coefficient (Wildman–Crippen LogP) is 3.67. The molecule has 0 radical (unpaired) electrons. The molecular weight excluding hydrogens is 344 g/mol. The zero-order chi connectivity index (χ0) is 19.6. The molecule has 0 fully saturated rings. The zero-order valence-corrected chi connectivity index (χ0v) is 15.8. The van der Waals surface area contributed by atoms with Gasteiger partial charge in [0, 0.05) is 16.6 Å². The monoisotopic (exact) mass is 366 g/mol. The largest absolute Gasteiger partial charge is 0.493 e. The van der Waals surface area contributed by atoms with Crippen LogP contribution in [0.2, 0.25) is 0 Å². The summed E-state index contributed by atoms with van der Waals surface area (Å²) >= 11 is 0. The number of aromatic nitrogens is 1. The molecule has 3 aromatic rings. The number of benzene rings is 2. The average Bonchev–Trinajstić information content (AvgIpc) is 2.67. The lowest BCUT2D eigenvalue weighted by Crippen LogP contribution is -2.15. The third-order valence-corrected chi connectivity index (χ3v) is 4.66. The van der Waals surface area contributed by atoms with Gasteiger partial charge >= 0.3 is 0 Å². The second-order valence-electron chi connectivity index (χ2n) is 6.17. The number of nitrogens with one attached hydrogen (secondary N) is 2. The van der Waals surface area contributed by atoms with Crippen LogP contribution in [0, 0.1) is 6.92 Å². The minimum Gasteiger partial charge on any atom is -0.493 e. The summed E-state index contributed by atoms with van der Waals surface area (Å²) in [6.07, 6.45) is 0.672. The van der Waals surface area contributed by atoms with Crippen molar-refractivity contribution in [1.82, 2.24) is 4.98 Å². The standard InChI is InChI=1S/C21H22N2O4/c1-5-14-12(2)15-10-9-13(11-17(15)23-20(14)24)22-21(25)16-7-6-8-18(26-3)19(16)27-4/h6-11H,5H2,1-4H3,(H,22,25)(H,23,24). The Morgan fingerprint density at radius 2 is 1.93 bits per heavy atom. The predicted molar refractivity (Wildman–Crippen MR) is 106 cm³/mol. The number of rotatable bonds is 5. The van der Waals surface area contributed by atoms with Crippen molar-refractivity contribution in [3.63, 3.8) is 0 Å². The number of aromatic amines is 1. The highest BCUT2D eigenvalue weighted by Gasteiger charge is 2.17. The van der Waals surface area contributed by atoms with E-state index in [1.54, 1.807) is 24.3 Å². The molecule has 140 valence electrons. The van der Waals surface area contributed by atoms with Crippen molar-refractivity contribution in [3.05, 3.63) is 63.4 Å². The quantitative estimate of drug-likeness (QED) is 0.722. The molecule has 6 heteroatoms. The average molecular weight is 366 g/mol. The summed E-state index contributed by atoms with van der Waals surface area (Å²) in [5.74, 6) is 0.528. The number of methoxy groups -OCH3 is 2. The van der Waals surface area contributed by atoms with E-state index in [1.807, 2.05) is 26.0 Å². The van der Waals surface area contributed by atoms with Crippen molar-refractivity contribution >= 4 is 22.5 Å². The van der Waals surface area contributed by atoms with E-state index in [2.05, 4.69) is 10.3 Å². The number of para-hydroxylation sites is 1. The van der Waals surface area contributed by atoms with Crippen LogP contribution < -0.4 is 20.3 Å². The molecule has 6 nitrogen and oxygen atoms in total. The number of fused-ring (bicyclic) bond motifs is 1. The lowest BCUT2D eigenvalue weighted by molar-refractivity contribution is 0.102. The first-order chi connectivity index (χ1) is 13.0. The van der Waals surface area contributed by atoms with Crippen molar-refractivity contribution in [3.8, 4) is 11.5 Å². The summed E-state index contributed by atoms with van der Waals surface area (Å²) in [4.78, 5) is 27.8. The molecule has 1 heterocycles. The van der Waals surface area contributed by atoms with Gasteiger partial charge in [0.25, 0.3) is 11.5 Å². The molecular formula is C21H22N2O4. The van der Waals surface area contributed by atoms with Crippen LogP contribution in [-0.2, 0) is 6.42 Å². The molecule has 1 aromatic heterocycles. The molecule has 0 bridgehead atoms. The third-order valence-electron chi connectivity index (χ3n) is 4.66. The fourth-order valence-corrected chi connectivity index (χ4v) is 3.27. The van der Waals surface area contributed by atoms with Crippen LogP contribution in [0.1, 0.15) is 28.4 Å². The topological polar surface area (TPSA) is 80.4 Å². The van der Waals surface area contributed by atoms with Crippen LogP contribution in [0.4, 0.5) is 5.69 Å². The first kappa shape index (κ1) is 18.5. The fraction of sp³-hybridized carbons (Fsp3) is 0.238. The van der Waals surface area contributed by atoms with Crippen LogP contribution in [0.15, 0.2) is 41.2 Å². The second-order valence-corrected chi connectivity index (χ2v) is 6.17. The SMILES string of the molecule is CCc1c(C)c2ccc(NC(=O)c3cccc(OC)c3OC)cc2[nH]c1=O. The summed E-state index contributed by atoms with van der Waals surface area (Å²) in [6.45, 7) is 3.90. The summed E-state index contributed by atoms with van der Waals surface area (Å²) in [7, 11) is 3.01. The smallest absolute Gasteiger partial charge is 0.259 e. The van der Waals surface area contributed by atoms with Crippen LogP contribution in [0.5, 0.6) is 11.5 Å². The first-order valence-corrected chi connectivity index (χ1v) is 8.68. The lowest BCUT2D eigenvalue weighted by atomic mass is 10.0. The highest BCUT2D eigenvalue weighted by Crippen LogP contribution is 2.31. The molecule has 0 spiro atoms. The molecule has 0 aliphatic heterocycles. The van der Waals surface area contributed by atoms with E-state index in [1.165, 1.54) is 14.2 Å². The van der Waals surface area contributed by atoms with Gasteiger partial charge < -0.3 is 19.8 Å². The Hall–Kier alpha value is -3.28. The minimum atomic E-state index is -0.325. The Labute approximate surface area is 157 Å². The summed E-state index contributed by atoms with van der Waals surface area (Å²) < 4.78 is 10.6. The molecule has 1 amide bonds. The van der Waals surface area contributed by atoms with E-state index >= 15 is 0 Å². The van der Waals surface area contributed by atoms with Gasteiger partial charge in [-0.3, -0.25) is 9.59 Å². The van der Waals surface area contributed by atoms with Crippen LogP contribution in [-0.4, -0.2) is 25.1 Å². The molecule has 0 unspecified atom stereocenters. The van der Waals surface area contributed by atoms with Crippen LogP contribution >= 0.6 is 0 Å². The van der Waals surface area contributed by atoms with Crippen molar-refractivity contribution in [2.45, 2.75) is 20.3 Å². The number of aryl methyl sites for hydroxylation is 1. The van der Waals surface area contributed by atoms with E-state index in [0.29, 0.717) is 34.7 Å². The van der Waals surface area contributed by atoms with Crippen molar-refractivity contribution in [2.24, 2.45) is 0 Å². The number of ether oxygens (including phenoxy) is 2. The summed E-state index contributed by atoms with van der Waals surface area (Å²) in [5.41, 5.74) is 3.27. The summed E-state index contributed by atoms with van der Waals surface area (Å²) in [5, 5.41) is 3.81. The van der Waals surface area contributed by atoms with Gasteiger partial charge in [-0.1, -0.05) is 19.1 Å². The Morgan fingerprint density at radius 1 is 1.15 bits per heavy atom. The van der Waals surface area contributed by atoms with E-state index < -0.39 is 0 Å². The van der Waals surface area contributed by atoms with Crippen LogP contribution in [0.25, 0.3) is 10.9 Å². The molecule has 3 rings (SSSR count). The van der Waals surface area contributed by atoms with E-state index in [9.17, 15) is 9.59 Å². The van der Waals surface area contributed by atoms with Gasteiger partial charge in [0.15, 0.2) is 11.5 Å². The molecule has 0 aliphatic rings. The maximum Gasteiger partial charge on any atom is 0.259 e. The number of hydrogen-bond donors (Lipinski definition) is 2. The summed E-state index contributed by atoms with van der Waals surface area (Å²) in [6, 6.07) is 10.6. The minimum absolute atomic E-state index is 0.0968. The fourth-order valence-electron chi connectivity index (χ4n) is 3.27. The normalized spacial score (nSPS) is 10.7. The second kappa shape index (κ2) is 7.53. The molecule has 0 aliphatic carbocycles. The van der Waals surface area contributed by atoms with Gasteiger partial charge in [-0.15, -0.1) is 0 Å². The van der Waals surface area contributed by atoms with Gasteiger partial charge in [-0.25, -0.2) is 0 Å². The Morgan fingerprint density at radius 3 is 2.59 bits per heavy atom. The highest BCUT2D eigenvalue weighted by atomic mass is 16.5. The molecule has 27 heavy (non-hydrogen) atoms. The van der Waals surface area contributed by atoms with Gasteiger partial charge in [-0.05, 0) is 43.2 Å². The number of carbonyl (C=O) groups is 1. The first-order valence-electron chi connectivity index (χ1n) is 8.68. The van der Waals surface area contributed by atoms with Gasteiger partial charge in [-0.2, -0.15) is 0 Å². The maximum absolute atomic E-state index is 12.7. The number of carbonyl (C=O) groups excluding carboxylic acids is 1. The number of anilines is 1. The number of pyridine rings is 1. The van der Waals surface area contributed by atoms with E-state index in [0.717, 1.165) is 16.5 Å². The van der Waals surface area contributed by atoms with Crippen molar-refractivity contribution in [1.29, 1.82) is 0 Å². The van der Waals surface area contributed by atoms with Crippen molar-refractivity contribution in [2.75, 3.05) is 19.5 Å². The zero-order valence-electron chi connectivity index (χ0n) is 15.8. The maximum atomic E-state index is 12.7. The van der Waals surface area contributed by atoms with Gasteiger partial charge in [0.05, 0.1) is 25.3 Å². The molecule has 0 saturated carbocycles. The molecule has 0 saturated heterocycles. The van der Waals surface area contributed by atoms with Crippen molar-refractivity contribution < 1.29 is 14.3 Å².